The van der Waals surface area contributed by atoms with Crippen molar-refractivity contribution in [3.05, 3.63) is 194 Å². The zero-order valence-electron chi connectivity index (χ0n) is 48.9. The molecule has 7 N–H and O–H groups in total. The molecule has 12 nitrogen and oxygen atoms in total. The maximum Gasteiger partial charge on any atom is 0.168 e. The van der Waals surface area contributed by atoms with Crippen LogP contribution in [-0.4, -0.2) is 80.6 Å². The van der Waals surface area contributed by atoms with Crippen LogP contribution in [0.15, 0.2) is 133 Å². The summed E-state index contributed by atoms with van der Waals surface area (Å²) < 4.78 is 29.7. The lowest BCUT2D eigenvalue weighted by Gasteiger charge is -2.62. The van der Waals surface area contributed by atoms with Crippen LogP contribution in [0.5, 0.6) is 23.0 Å². The van der Waals surface area contributed by atoms with Crippen LogP contribution >= 0.6 is 0 Å². The summed E-state index contributed by atoms with van der Waals surface area (Å²) in [6.07, 6.45) is 30.1. The molecule has 11 aliphatic rings. The van der Waals surface area contributed by atoms with Gasteiger partial charge in [0.05, 0.1) is 37.8 Å². The van der Waals surface area contributed by atoms with Crippen molar-refractivity contribution in [2.75, 3.05) is 20.4 Å². The van der Waals surface area contributed by atoms with E-state index in [1.807, 2.05) is 24.3 Å². The number of ether oxygens (including phenoxy) is 4. The van der Waals surface area contributed by atoms with Crippen molar-refractivity contribution in [3.63, 3.8) is 0 Å². The topological polar surface area (TPSA) is 167 Å². The van der Waals surface area contributed by atoms with Gasteiger partial charge in [-0.2, -0.15) is 0 Å². The SMILES string of the molecule is COCNC1C=C2C#C[C@@H](CCc3ccc(O)c(Cc4cccc(O)c4)c3)CC[C@@H]3C=C[C@@H]4O[C@@H]3C[C@H](O)[C@H]3C=Cc5c(c(CO)cc(O)c5OCc5cc([C@@]67c8c9cccc8CC[C@H]6C6(CCCCC6)OC[C@H]7C=C9)cc6cn(cc56)C(=C24)N1)C3. The van der Waals surface area contributed by atoms with Crippen molar-refractivity contribution in [2.45, 2.75) is 139 Å². The Morgan fingerprint density at radius 1 is 0.849 bits per heavy atom. The van der Waals surface area contributed by atoms with Crippen LogP contribution < -0.4 is 15.4 Å². The Hall–Kier alpha value is -7.34. The highest BCUT2D eigenvalue weighted by atomic mass is 16.5. The van der Waals surface area contributed by atoms with Crippen molar-refractivity contribution >= 4 is 28.7 Å². The molecule has 442 valence electrons. The zero-order chi connectivity index (χ0) is 58.3. The van der Waals surface area contributed by atoms with Crippen LogP contribution in [0.1, 0.15) is 125 Å². The second-order valence-corrected chi connectivity index (χ2v) is 25.9. The van der Waals surface area contributed by atoms with E-state index in [1.165, 1.54) is 28.7 Å². The van der Waals surface area contributed by atoms with Gasteiger partial charge >= 0.3 is 0 Å². The van der Waals surface area contributed by atoms with E-state index in [2.05, 4.69) is 112 Å². The lowest BCUT2D eigenvalue weighted by Crippen LogP contribution is -2.63. The molecule has 17 rings (SSSR count). The summed E-state index contributed by atoms with van der Waals surface area (Å²) in [6.45, 7) is 0.823. The van der Waals surface area contributed by atoms with E-state index in [0.717, 1.165) is 125 Å². The average Bonchev–Trinajstić information content (AvgIpc) is 0.765. The van der Waals surface area contributed by atoms with Gasteiger partial charge in [0.25, 0.3) is 0 Å². The number of aromatic hydroxyl groups is 3. The number of methoxy groups -OCH3 is 1. The molecule has 10 bridgehead atoms. The Balaban J connectivity index is 0.906. The van der Waals surface area contributed by atoms with Crippen LogP contribution in [0.2, 0.25) is 0 Å². The third kappa shape index (κ3) is 9.61. The van der Waals surface area contributed by atoms with Gasteiger partial charge in [0.1, 0.15) is 36.2 Å². The Morgan fingerprint density at radius 2 is 1.74 bits per heavy atom. The number of aliphatic hydroxyl groups excluding tert-OH is 2. The van der Waals surface area contributed by atoms with Gasteiger partial charge in [0, 0.05) is 94.8 Å². The van der Waals surface area contributed by atoms with Crippen molar-refractivity contribution in [3.8, 4) is 34.8 Å². The van der Waals surface area contributed by atoms with Crippen molar-refractivity contribution < 1.29 is 44.5 Å². The summed E-state index contributed by atoms with van der Waals surface area (Å²) in [7, 11) is 1.69. The van der Waals surface area contributed by atoms with Crippen molar-refractivity contribution in [2.24, 2.45) is 29.6 Å². The van der Waals surface area contributed by atoms with E-state index in [0.29, 0.717) is 43.9 Å². The maximum absolute atomic E-state index is 12.5. The number of hydrogen-bond donors (Lipinski definition) is 7. The molecule has 12 heteroatoms. The van der Waals surface area contributed by atoms with Crippen LogP contribution in [0.3, 0.4) is 0 Å². The van der Waals surface area contributed by atoms with Gasteiger partial charge < -0.3 is 54.4 Å². The number of aromatic nitrogens is 1. The van der Waals surface area contributed by atoms with E-state index in [1.54, 1.807) is 31.4 Å². The van der Waals surface area contributed by atoms with Gasteiger partial charge in [-0.15, -0.1) is 0 Å². The Morgan fingerprint density at radius 3 is 2.62 bits per heavy atom. The first kappa shape index (κ1) is 55.3. The second kappa shape index (κ2) is 22.4. The van der Waals surface area contributed by atoms with E-state index >= 15 is 0 Å². The van der Waals surface area contributed by atoms with E-state index in [4.69, 9.17) is 18.9 Å². The number of nitrogens with one attached hydrogen (secondary N) is 2. The molecule has 5 aliphatic carbocycles. The number of fused-ring (bicyclic) bond motifs is 6. The molecule has 10 atom stereocenters. The number of rotatable bonds is 10. The molecule has 7 heterocycles. The third-order valence-electron chi connectivity index (χ3n) is 21.1. The summed E-state index contributed by atoms with van der Waals surface area (Å²) in [4.78, 5) is 0. The van der Waals surface area contributed by atoms with Crippen LogP contribution in [0, 0.1) is 41.4 Å². The molecular weight excluding hydrogens is 1070 g/mol. The van der Waals surface area contributed by atoms with E-state index in [-0.39, 0.29) is 83.3 Å². The molecule has 1 saturated heterocycles. The Bertz CT molecular complexity index is 3890. The lowest BCUT2D eigenvalue weighted by molar-refractivity contribution is -0.182. The van der Waals surface area contributed by atoms with Gasteiger partial charge in [0.2, 0.25) is 0 Å². The summed E-state index contributed by atoms with van der Waals surface area (Å²) >= 11 is 0. The number of benzene rings is 5. The summed E-state index contributed by atoms with van der Waals surface area (Å²) in [6, 6.07) is 26.5. The molecule has 2 fully saturated rings. The predicted molar refractivity (Wildman–Crippen MR) is 333 cm³/mol. The second-order valence-electron chi connectivity index (χ2n) is 25.9. The molecule has 6 aliphatic heterocycles. The quantitative estimate of drug-likeness (QED) is 0.0396. The highest BCUT2D eigenvalue weighted by molar-refractivity contribution is 5.89. The monoisotopic (exact) mass is 1150 g/mol. The minimum absolute atomic E-state index is 0.00514. The molecule has 1 spiro atoms. The first-order valence-corrected chi connectivity index (χ1v) is 31.5. The minimum atomic E-state index is -0.793. The first-order chi connectivity index (χ1) is 42.0. The minimum Gasteiger partial charge on any atom is -0.508 e. The molecule has 1 unspecified atom stereocenters. The smallest absolute Gasteiger partial charge is 0.168 e. The summed E-state index contributed by atoms with van der Waals surface area (Å²) in [5.74, 6) is 9.24. The molecule has 86 heavy (non-hydrogen) atoms. The van der Waals surface area contributed by atoms with Gasteiger partial charge in [-0.3, -0.25) is 5.32 Å². The van der Waals surface area contributed by atoms with Crippen molar-refractivity contribution in [1.82, 2.24) is 15.2 Å². The lowest BCUT2D eigenvalue weighted by atomic mass is 9.46. The van der Waals surface area contributed by atoms with E-state index in [9.17, 15) is 25.5 Å². The number of hydrogen-bond acceptors (Lipinski definition) is 11. The van der Waals surface area contributed by atoms with Crippen molar-refractivity contribution in [1.29, 1.82) is 0 Å². The molecular formula is C74H77N3O9. The zero-order valence-corrected chi connectivity index (χ0v) is 48.9. The average molecular weight is 1150 g/mol. The van der Waals surface area contributed by atoms with Crippen LogP contribution in [0.25, 0.3) is 28.7 Å². The standard InChI is InChI=1S/C74H77N3O9/c1-83-43-75-68-36-51-17-14-44(11-12-45-15-24-62(80)52(29-45)30-46-7-5-10-58(79)31-46)13-16-47-20-25-65-69(51)72(76-68)77-38-53-32-57(74-56-22-18-48-8-6-9-49(70(48)74)21-26-67(74)73(85-42-56)27-3-2-4-28-73)33-55(61(53)39-77)41-84-71-59-23-19-50(63(81)37-66(47)86-65)34-60(59)54(40-78)35-64(71)82/h5-10,15,18-20,22-25,29,31-33,35-36,38-39,44,47,50,56,63,65-68,75-76,78-82H,2-4,11-13,16,21,26-28,30,34,37,40-43H2,1H3/t44-,47+,50-,56+,63-,65-,66+,67-,68?,74+/m0/s1. The van der Waals surface area contributed by atoms with Gasteiger partial charge in [-0.1, -0.05) is 116 Å². The van der Waals surface area contributed by atoms with Gasteiger partial charge in [0.15, 0.2) is 11.5 Å². The van der Waals surface area contributed by atoms with Crippen LogP contribution in [-0.2, 0) is 58.5 Å². The number of aliphatic hydroxyl groups is 2. The third-order valence-corrected chi connectivity index (χ3v) is 21.1. The van der Waals surface area contributed by atoms with E-state index < -0.39 is 12.2 Å². The fraction of sp³-hybridized carbons (Fsp3) is 0.405. The first-order valence-electron chi connectivity index (χ1n) is 31.5. The Labute approximate surface area is 503 Å². The Kier molecular flexibility index (Phi) is 14.4. The number of phenols is 3. The molecule has 1 saturated carbocycles. The molecule has 5 aromatic carbocycles. The number of aryl methyl sites for hydroxylation is 2. The van der Waals surface area contributed by atoms with Gasteiger partial charge in [-0.05, 0) is 150 Å². The number of nitrogens with zero attached hydrogens (tertiary/aromatic N) is 1. The molecule has 0 amide bonds. The molecule has 0 radical (unpaired) electrons. The maximum atomic E-state index is 12.5. The number of dihydropyridines is 1. The molecule has 6 aromatic rings. The van der Waals surface area contributed by atoms with Crippen LogP contribution in [0.4, 0.5) is 0 Å². The largest absolute Gasteiger partial charge is 0.508 e. The summed E-state index contributed by atoms with van der Waals surface area (Å²) in [5, 5.41) is 66.2. The highest BCUT2D eigenvalue weighted by Crippen LogP contribution is 2.64. The highest BCUT2D eigenvalue weighted by Gasteiger charge is 2.62. The normalized spacial score (nSPS) is 28.3. The summed E-state index contributed by atoms with van der Waals surface area (Å²) in [5.41, 5.74) is 12.6. The predicted octanol–water partition coefficient (Wildman–Crippen LogP) is 11.8. The fourth-order valence-corrected chi connectivity index (χ4v) is 17.0. The molecule has 1 aromatic heterocycles. The number of phenolic OH excluding ortho intramolecular Hbond substituents is 3. The van der Waals surface area contributed by atoms with Gasteiger partial charge in [-0.25, -0.2) is 0 Å². The fourth-order valence-electron chi connectivity index (χ4n) is 17.0.